The lowest BCUT2D eigenvalue weighted by Crippen LogP contribution is -2.18. The fourth-order valence-corrected chi connectivity index (χ4v) is 1.81. The first-order valence-electron chi connectivity index (χ1n) is 4.51. The summed E-state index contributed by atoms with van der Waals surface area (Å²) in [6.07, 6.45) is 3.23. The molecule has 1 aromatic heterocycles. The van der Waals surface area contributed by atoms with Crippen LogP contribution in [0, 0.1) is 6.92 Å². The molecule has 0 aliphatic carbocycles. The minimum Gasteiger partial charge on any atom is -0.389 e. The molecule has 15 heavy (non-hydrogen) atoms. The van der Waals surface area contributed by atoms with Crippen molar-refractivity contribution in [1.82, 2.24) is 9.88 Å². The van der Waals surface area contributed by atoms with E-state index in [2.05, 4.69) is 4.98 Å². The van der Waals surface area contributed by atoms with Gasteiger partial charge in [-0.3, -0.25) is 4.79 Å². The largest absolute Gasteiger partial charge is 0.389 e. The van der Waals surface area contributed by atoms with Crippen molar-refractivity contribution in [2.24, 2.45) is 0 Å². The Morgan fingerprint density at radius 1 is 1.60 bits per heavy atom. The summed E-state index contributed by atoms with van der Waals surface area (Å²) in [4.78, 5) is 17.8. The second kappa shape index (κ2) is 5.04. The van der Waals surface area contributed by atoms with Crippen molar-refractivity contribution in [2.45, 2.75) is 13.5 Å². The van der Waals surface area contributed by atoms with Gasteiger partial charge in [0, 0.05) is 20.2 Å². The zero-order chi connectivity index (χ0) is 11.4. The molecule has 0 aliphatic rings. The molecule has 0 atom stereocenters. The van der Waals surface area contributed by atoms with Gasteiger partial charge in [0.05, 0.1) is 17.2 Å². The molecule has 82 valence electrons. The van der Waals surface area contributed by atoms with Crippen LogP contribution < -0.4 is 0 Å². The molecule has 0 saturated heterocycles. The number of hydrogen-bond acceptors (Lipinski definition) is 4. The highest BCUT2D eigenvalue weighted by atomic mass is 32.1. The molecule has 1 rings (SSSR count). The standard InChI is InChI=1S/C10H14N2O2S/c1-7-8(15-9(6-13)11-7)4-5-10(14)12(2)3/h4-5,13H,6H2,1-3H3. The van der Waals surface area contributed by atoms with E-state index in [9.17, 15) is 4.79 Å². The Morgan fingerprint density at radius 3 is 2.73 bits per heavy atom. The van der Waals surface area contributed by atoms with Gasteiger partial charge >= 0.3 is 0 Å². The van der Waals surface area contributed by atoms with E-state index < -0.39 is 0 Å². The number of aliphatic hydroxyl groups excluding tert-OH is 1. The van der Waals surface area contributed by atoms with E-state index in [0.29, 0.717) is 5.01 Å². The first-order chi connectivity index (χ1) is 7.04. The zero-order valence-electron chi connectivity index (χ0n) is 9.02. The molecule has 0 fully saturated rings. The van der Waals surface area contributed by atoms with E-state index in [1.807, 2.05) is 6.92 Å². The molecular formula is C10H14N2O2S. The summed E-state index contributed by atoms with van der Waals surface area (Å²) in [7, 11) is 3.40. The Kier molecular flexibility index (Phi) is 3.99. The first-order valence-corrected chi connectivity index (χ1v) is 5.32. The molecule has 1 amide bonds. The molecule has 0 saturated carbocycles. The number of thiazole rings is 1. The van der Waals surface area contributed by atoms with E-state index in [1.165, 1.54) is 22.3 Å². The molecule has 4 nitrogen and oxygen atoms in total. The molecule has 0 unspecified atom stereocenters. The topological polar surface area (TPSA) is 53.4 Å². The minimum atomic E-state index is -0.0617. The maximum absolute atomic E-state index is 11.3. The van der Waals surface area contributed by atoms with Crippen LogP contribution >= 0.6 is 11.3 Å². The van der Waals surface area contributed by atoms with Gasteiger partial charge in [-0.1, -0.05) is 0 Å². The number of amides is 1. The molecule has 0 aliphatic heterocycles. The van der Waals surface area contributed by atoms with Gasteiger partial charge in [-0.05, 0) is 13.0 Å². The molecule has 0 radical (unpaired) electrons. The van der Waals surface area contributed by atoms with Crippen LogP contribution in [0.2, 0.25) is 0 Å². The Morgan fingerprint density at radius 2 is 2.27 bits per heavy atom. The summed E-state index contributed by atoms with van der Waals surface area (Å²) in [6.45, 7) is 1.80. The number of rotatable bonds is 3. The number of aryl methyl sites for hydroxylation is 1. The van der Waals surface area contributed by atoms with Gasteiger partial charge in [0.25, 0.3) is 0 Å². The Labute approximate surface area is 92.9 Å². The third-order valence-electron chi connectivity index (χ3n) is 1.83. The summed E-state index contributed by atoms with van der Waals surface area (Å²) < 4.78 is 0. The number of aromatic nitrogens is 1. The van der Waals surface area contributed by atoms with E-state index in [4.69, 9.17) is 5.11 Å². The molecular weight excluding hydrogens is 212 g/mol. The van der Waals surface area contributed by atoms with Gasteiger partial charge in [0.2, 0.25) is 5.91 Å². The normalized spacial score (nSPS) is 10.9. The second-order valence-corrected chi connectivity index (χ2v) is 4.40. The predicted octanol–water partition coefficient (Wildman–Crippen LogP) is 1.05. The predicted molar refractivity (Wildman–Crippen MR) is 60.5 cm³/mol. The van der Waals surface area contributed by atoms with Crippen molar-refractivity contribution in [3.05, 3.63) is 21.7 Å². The van der Waals surface area contributed by atoms with Crippen LogP contribution in [0.1, 0.15) is 15.6 Å². The highest BCUT2D eigenvalue weighted by Gasteiger charge is 2.04. The van der Waals surface area contributed by atoms with Crippen molar-refractivity contribution in [3.8, 4) is 0 Å². The molecule has 1 aromatic rings. The third kappa shape index (κ3) is 3.14. The van der Waals surface area contributed by atoms with Crippen LogP contribution in [-0.4, -0.2) is 35.0 Å². The fraction of sp³-hybridized carbons (Fsp3) is 0.400. The number of carbonyl (C=O) groups excluding carboxylic acids is 1. The monoisotopic (exact) mass is 226 g/mol. The van der Waals surface area contributed by atoms with Crippen LogP contribution in [-0.2, 0) is 11.4 Å². The van der Waals surface area contributed by atoms with Crippen molar-refractivity contribution < 1.29 is 9.90 Å². The average Bonchev–Trinajstić information content (AvgIpc) is 2.55. The van der Waals surface area contributed by atoms with Crippen LogP contribution in [0.4, 0.5) is 0 Å². The lowest BCUT2D eigenvalue weighted by Gasteiger charge is -2.04. The SMILES string of the molecule is Cc1nc(CO)sc1C=CC(=O)N(C)C. The van der Waals surface area contributed by atoms with Gasteiger partial charge < -0.3 is 10.0 Å². The molecule has 5 heteroatoms. The molecule has 1 heterocycles. The van der Waals surface area contributed by atoms with Gasteiger partial charge in [0.15, 0.2) is 0 Å². The number of nitrogens with zero attached hydrogens (tertiary/aromatic N) is 2. The summed E-state index contributed by atoms with van der Waals surface area (Å²) in [5.41, 5.74) is 0.840. The lowest BCUT2D eigenvalue weighted by atomic mass is 10.3. The fourth-order valence-electron chi connectivity index (χ4n) is 0.984. The second-order valence-electron chi connectivity index (χ2n) is 3.28. The van der Waals surface area contributed by atoms with Crippen LogP contribution in [0.5, 0.6) is 0 Å². The number of hydrogen-bond donors (Lipinski definition) is 1. The van der Waals surface area contributed by atoms with Crippen LogP contribution in [0.25, 0.3) is 6.08 Å². The molecule has 0 spiro atoms. The first kappa shape index (κ1) is 11.9. The number of likely N-dealkylation sites (N-methyl/N-ethyl adjacent to an activating group) is 1. The van der Waals surface area contributed by atoms with Gasteiger partial charge in [-0.25, -0.2) is 4.98 Å². The smallest absolute Gasteiger partial charge is 0.246 e. The number of aliphatic hydroxyl groups is 1. The van der Waals surface area contributed by atoms with E-state index in [0.717, 1.165) is 10.6 Å². The molecule has 0 aromatic carbocycles. The van der Waals surface area contributed by atoms with Crippen molar-refractivity contribution >= 4 is 23.3 Å². The van der Waals surface area contributed by atoms with Gasteiger partial charge in [0.1, 0.15) is 5.01 Å². The summed E-state index contributed by atoms with van der Waals surface area (Å²) in [5, 5.41) is 9.56. The van der Waals surface area contributed by atoms with Crippen LogP contribution in [0.3, 0.4) is 0 Å². The van der Waals surface area contributed by atoms with Crippen molar-refractivity contribution in [1.29, 1.82) is 0 Å². The quantitative estimate of drug-likeness (QED) is 0.784. The number of carbonyl (C=O) groups is 1. The lowest BCUT2D eigenvalue weighted by molar-refractivity contribution is -0.123. The summed E-state index contributed by atoms with van der Waals surface area (Å²) in [6, 6.07) is 0. The zero-order valence-corrected chi connectivity index (χ0v) is 9.84. The molecule has 1 N–H and O–H groups in total. The summed E-state index contributed by atoms with van der Waals surface area (Å²) in [5.74, 6) is -0.0617. The van der Waals surface area contributed by atoms with Gasteiger partial charge in [-0.2, -0.15) is 0 Å². The van der Waals surface area contributed by atoms with Gasteiger partial charge in [-0.15, -0.1) is 11.3 Å². The Hall–Kier alpha value is -1.20. The molecule has 0 bridgehead atoms. The maximum atomic E-state index is 11.3. The maximum Gasteiger partial charge on any atom is 0.246 e. The average molecular weight is 226 g/mol. The summed E-state index contributed by atoms with van der Waals surface area (Å²) >= 11 is 1.39. The van der Waals surface area contributed by atoms with Crippen LogP contribution in [0.15, 0.2) is 6.08 Å². The third-order valence-corrected chi connectivity index (χ3v) is 2.94. The minimum absolute atomic E-state index is 0.0546. The van der Waals surface area contributed by atoms with Crippen molar-refractivity contribution in [3.63, 3.8) is 0 Å². The van der Waals surface area contributed by atoms with Crippen molar-refractivity contribution in [2.75, 3.05) is 14.1 Å². The van der Waals surface area contributed by atoms with E-state index in [1.54, 1.807) is 20.2 Å². The Balaban J connectivity index is 2.80. The highest BCUT2D eigenvalue weighted by molar-refractivity contribution is 7.12. The van der Waals surface area contributed by atoms with E-state index in [-0.39, 0.29) is 12.5 Å². The Bertz CT molecular complexity index is 383. The highest BCUT2D eigenvalue weighted by Crippen LogP contribution is 2.19. The van der Waals surface area contributed by atoms with E-state index >= 15 is 0 Å².